The number of imidazole rings is 1. The van der Waals surface area contributed by atoms with Gasteiger partial charge in [-0.15, -0.1) is 0 Å². The highest BCUT2D eigenvalue weighted by Gasteiger charge is 2.36. The second kappa shape index (κ2) is 6.81. The van der Waals surface area contributed by atoms with Crippen LogP contribution in [-0.4, -0.2) is 57.5 Å². The molecule has 25 heavy (non-hydrogen) atoms. The Bertz CT molecular complexity index is 687. The lowest BCUT2D eigenvalue weighted by Gasteiger charge is -2.39. The van der Waals surface area contributed by atoms with Gasteiger partial charge in [0.05, 0.1) is 6.04 Å². The van der Waals surface area contributed by atoms with E-state index in [1.54, 1.807) is 34.6 Å². The fraction of sp³-hybridized carbons (Fsp3) is 0.625. The van der Waals surface area contributed by atoms with Gasteiger partial charge in [-0.05, 0) is 34.6 Å². The van der Waals surface area contributed by atoms with Gasteiger partial charge in [0, 0.05) is 19.1 Å². The first-order valence-corrected chi connectivity index (χ1v) is 8.05. The van der Waals surface area contributed by atoms with Gasteiger partial charge in [-0.2, -0.15) is 9.37 Å². The van der Waals surface area contributed by atoms with E-state index in [2.05, 4.69) is 10.3 Å². The second-order valence-corrected chi connectivity index (χ2v) is 7.25. The fourth-order valence-corrected chi connectivity index (χ4v) is 2.53. The molecule has 1 saturated heterocycles. The van der Waals surface area contributed by atoms with E-state index < -0.39 is 23.5 Å². The minimum Gasteiger partial charge on any atom is -0.444 e. The van der Waals surface area contributed by atoms with E-state index in [0.717, 1.165) is 0 Å². The molecule has 0 saturated carbocycles. The van der Waals surface area contributed by atoms with Crippen molar-refractivity contribution in [1.29, 1.82) is 0 Å². The van der Waals surface area contributed by atoms with Crippen molar-refractivity contribution < 1.29 is 23.5 Å². The van der Waals surface area contributed by atoms with Gasteiger partial charge in [0.15, 0.2) is 17.8 Å². The minimum atomic E-state index is -0.989. The Morgan fingerprint density at radius 2 is 1.96 bits per heavy atom. The SMILES string of the molecule is CC(C)n1c(C=O)nc(F)c1C(=O)NC1CN(C(=O)OC(C)(C)C)C1. The summed E-state index contributed by atoms with van der Waals surface area (Å²) >= 11 is 0. The molecule has 1 aliphatic heterocycles. The number of nitrogens with zero attached hydrogens (tertiary/aromatic N) is 3. The van der Waals surface area contributed by atoms with E-state index in [9.17, 15) is 18.8 Å². The average molecular weight is 354 g/mol. The third-order valence-electron chi connectivity index (χ3n) is 3.60. The first kappa shape index (κ1) is 18.9. The van der Waals surface area contributed by atoms with Gasteiger partial charge in [-0.1, -0.05) is 0 Å². The van der Waals surface area contributed by atoms with Crippen LogP contribution in [0.15, 0.2) is 0 Å². The highest BCUT2D eigenvalue weighted by Crippen LogP contribution is 2.19. The maximum atomic E-state index is 14.0. The Morgan fingerprint density at radius 3 is 2.44 bits per heavy atom. The van der Waals surface area contributed by atoms with Gasteiger partial charge in [-0.3, -0.25) is 9.59 Å². The molecule has 0 unspecified atom stereocenters. The summed E-state index contributed by atoms with van der Waals surface area (Å²) in [5.74, 6) is -1.79. The van der Waals surface area contributed by atoms with Crippen LogP contribution >= 0.6 is 0 Å². The molecule has 2 amide bonds. The standard InChI is InChI=1S/C16H23FN4O4/c1-9(2)21-11(8-22)19-13(17)12(21)14(23)18-10-6-20(7-10)15(24)25-16(3,4)5/h8-10H,6-7H2,1-5H3,(H,18,23). The molecule has 1 aliphatic rings. The van der Waals surface area contributed by atoms with Crippen molar-refractivity contribution in [1.82, 2.24) is 19.8 Å². The zero-order valence-electron chi connectivity index (χ0n) is 15.0. The summed E-state index contributed by atoms with van der Waals surface area (Å²) in [6.45, 7) is 9.30. The summed E-state index contributed by atoms with van der Waals surface area (Å²) < 4.78 is 20.5. The number of halogens is 1. The number of hydrogen-bond donors (Lipinski definition) is 1. The van der Waals surface area contributed by atoms with E-state index in [4.69, 9.17) is 4.74 Å². The maximum Gasteiger partial charge on any atom is 0.410 e. The Morgan fingerprint density at radius 1 is 1.36 bits per heavy atom. The lowest BCUT2D eigenvalue weighted by atomic mass is 10.1. The lowest BCUT2D eigenvalue weighted by molar-refractivity contribution is 0.00525. The van der Waals surface area contributed by atoms with Crippen LogP contribution < -0.4 is 5.32 Å². The first-order chi connectivity index (χ1) is 11.5. The largest absolute Gasteiger partial charge is 0.444 e. The van der Waals surface area contributed by atoms with Gasteiger partial charge in [0.25, 0.3) is 5.91 Å². The predicted molar refractivity (Wildman–Crippen MR) is 87.0 cm³/mol. The van der Waals surface area contributed by atoms with Gasteiger partial charge in [0.2, 0.25) is 5.95 Å². The van der Waals surface area contributed by atoms with E-state index in [-0.39, 0.29) is 36.7 Å². The summed E-state index contributed by atoms with van der Waals surface area (Å²) in [5.41, 5.74) is -0.878. The summed E-state index contributed by atoms with van der Waals surface area (Å²) in [6, 6.07) is -0.618. The molecule has 1 N–H and O–H groups in total. The summed E-state index contributed by atoms with van der Waals surface area (Å²) in [6.07, 6.45) is -0.0485. The van der Waals surface area contributed by atoms with Gasteiger partial charge < -0.3 is 19.5 Å². The minimum absolute atomic E-state index is 0.137. The molecule has 2 heterocycles. The quantitative estimate of drug-likeness (QED) is 0.832. The van der Waals surface area contributed by atoms with Crippen LogP contribution in [0, 0.1) is 5.95 Å². The van der Waals surface area contributed by atoms with Gasteiger partial charge in [0.1, 0.15) is 5.60 Å². The summed E-state index contributed by atoms with van der Waals surface area (Å²) in [4.78, 5) is 40.2. The summed E-state index contributed by atoms with van der Waals surface area (Å²) in [5, 5.41) is 2.65. The van der Waals surface area contributed by atoms with Gasteiger partial charge >= 0.3 is 6.09 Å². The Labute approximate surface area is 145 Å². The molecule has 0 aliphatic carbocycles. The molecule has 8 nitrogen and oxygen atoms in total. The number of aldehydes is 1. The van der Waals surface area contributed by atoms with Crippen molar-refractivity contribution in [2.45, 2.75) is 52.3 Å². The number of likely N-dealkylation sites (tertiary alicyclic amines) is 1. The summed E-state index contributed by atoms with van der Waals surface area (Å²) in [7, 11) is 0. The fourth-order valence-electron chi connectivity index (χ4n) is 2.53. The maximum absolute atomic E-state index is 14.0. The molecule has 0 bridgehead atoms. The highest BCUT2D eigenvalue weighted by atomic mass is 19.1. The predicted octanol–water partition coefficient (Wildman–Crippen LogP) is 1.76. The third kappa shape index (κ3) is 4.15. The van der Waals surface area contributed by atoms with E-state index in [1.807, 2.05) is 0 Å². The van der Waals surface area contributed by atoms with Crippen molar-refractivity contribution in [3.63, 3.8) is 0 Å². The van der Waals surface area contributed by atoms with Crippen LogP contribution in [0.4, 0.5) is 9.18 Å². The van der Waals surface area contributed by atoms with Crippen molar-refractivity contribution in [2.24, 2.45) is 0 Å². The molecular formula is C16H23FN4O4. The number of rotatable bonds is 4. The second-order valence-electron chi connectivity index (χ2n) is 7.25. The molecule has 9 heteroatoms. The van der Waals surface area contributed by atoms with Crippen LogP contribution in [-0.2, 0) is 4.74 Å². The molecule has 0 spiro atoms. The van der Waals surface area contributed by atoms with Crippen molar-refractivity contribution >= 4 is 18.3 Å². The highest BCUT2D eigenvalue weighted by molar-refractivity contribution is 5.94. The number of amides is 2. The van der Waals surface area contributed by atoms with E-state index >= 15 is 0 Å². The molecule has 138 valence electrons. The number of aromatic nitrogens is 2. The Hall–Kier alpha value is -2.45. The van der Waals surface area contributed by atoms with E-state index in [0.29, 0.717) is 6.29 Å². The van der Waals surface area contributed by atoms with Crippen LogP contribution in [0.2, 0.25) is 0 Å². The Kier molecular flexibility index (Phi) is 5.15. The van der Waals surface area contributed by atoms with Crippen LogP contribution in [0.3, 0.4) is 0 Å². The van der Waals surface area contributed by atoms with Gasteiger partial charge in [-0.25, -0.2) is 4.79 Å². The van der Waals surface area contributed by atoms with Crippen molar-refractivity contribution in [3.8, 4) is 0 Å². The molecule has 1 fully saturated rings. The average Bonchev–Trinajstić information content (AvgIpc) is 2.76. The van der Waals surface area contributed by atoms with Crippen LogP contribution in [0.5, 0.6) is 0 Å². The molecule has 0 aromatic carbocycles. The van der Waals surface area contributed by atoms with E-state index in [1.165, 1.54) is 9.47 Å². The number of nitrogens with one attached hydrogen (secondary N) is 1. The molecule has 1 aromatic heterocycles. The third-order valence-corrected chi connectivity index (χ3v) is 3.60. The van der Waals surface area contributed by atoms with Crippen LogP contribution in [0.1, 0.15) is 61.8 Å². The number of hydrogen-bond acceptors (Lipinski definition) is 5. The Balaban J connectivity index is 2.00. The molecular weight excluding hydrogens is 331 g/mol. The lowest BCUT2D eigenvalue weighted by Crippen LogP contribution is -2.61. The number of carbonyl (C=O) groups excluding carboxylic acids is 3. The van der Waals surface area contributed by atoms with Crippen molar-refractivity contribution in [2.75, 3.05) is 13.1 Å². The number of carbonyl (C=O) groups is 3. The van der Waals surface area contributed by atoms with Crippen LogP contribution in [0.25, 0.3) is 0 Å². The monoisotopic (exact) mass is 354 g/mol. The number of ether oxygens (including phenoxy) is 1. The zero-order chi connectivity index (χ0) is 18.9. The topological polar surface area (TPSA) is 93.5 Å². The first-order valence-electron chi connectivity index (χ1n) is 8.05. The van der Waals surface area contributed by atoms with Crippen molar-refractivity contribution in [3.05, 3.63) is 17.5 Å². The molecule has 1 aromatic rings. The molecule has 0 atom stereocenters. The normalized spacial score (nSPS) is 15.1. The smallest absolute Gasteiger partial charge is 0.410 e. The zero-order valence-corrected chi connectivity index (χ0v) is 15.0. The molecule has 2 rings (SSSR count). The molecule has 0 radical (unpaired) electrons.